The molecule has 5 heteroatoms. The van der Waals surface area contributed by atoms with Crippen LogP contribution in [-0.2, 0) is 0 Å². The van der Waals surface area contributed by atoms with Crippen molar-refractivity contribution in [2.75, 3.05) is 18.0 Å². The summed E-state index contributed by atoms with van der Waals surface area (Å²) in [5.41, 5.74) is 3.84. The molecular weight excluding hydrogens is 363 g/mol. The molecule has 1 aliphatic heterocycles. The molecule has 5 rings (SSSR count). The number of imidazole rings is 1. The van der Waals surface area contributed by atoms with E-state index < -0.39 is 0 Å². The number of halogens is 1. The summed E-state index contributed by atoms with van der Waals surface area (Å²) in [5, 5.41) is 12.0. The fourth-order valence-electron chi connectivity index (χ4n) is 4.08. The van der Waals surface area contributed by atoms with Gasteiger partial charge < -0.3 is 9.88 Å². The van der Waals surface area contributed by atoms with E-state index in [1.807, 2.05) is 18.2 Å². The zero-order valence-electron chi connectivity index (χ0n) is 15.8. The third-order valence-electron chi connectivity index (χ3n) is 5.50. The number of allylic oxidation sites excluding steroid dienone is 1. The number of anilines is 1. The maximum atomic E-state index is 13.5. The molecule has 2 heterocycles. The number of nitrogens with one attached hydrogen (secondary N) is 1. The molecule has 0 radical (unpaired) electrons. The van der Waals surface area contributed by atoms with Gasteiger partial charge in [0.25, 0.3) is 0 Å². The number of rotatable bonds is 3. The second-order valence-corrected chi connectivity index (χ2v) is 7.33. The van der Waals surface area contributed by atoms with Gasteiger partial charge in [-0.25, -0.2) is 9.37 Å². The normalized spacial score (nSPS) is 14.6. The molecule has 4 nitrogen and oxygen atoms in total. The lowest BCUT2D eigenvalue weighted by atomic mass is 10.0. The van der Waals surface area contributed by atoms with Gasteiger partial charge in [0.2, 0.25) is 0 Å². The van der Waals surface area contributed by atoms with E-state index in [1.165, 1.54) is 36.0 Å². The van der Waals surface area contributed by atoms with Gasteiger partial charge in [-0.1, -0.05) is 30.3 Å². The van der Waals surface area contributed by atoms with Crippen LogP contribution in [0.15, 0.2) is 54.6 Å². The van der Waals surface area contributed by atoms with Crippen LogP contribution < -0.4 is 4.90 Å². The number of hydrogen-bond acceptors (Lipinski definition) is 3. The molecule has 1 aromatic heterocycles. The Hall–Kier alpha value is -3.65. The van der Waals surface area contributed by atoms with Gasteiger partial charge in [-0.2, -0.15) is 5.26 Å². The van der Waals surface area contributed by atoms with Crippen molar-refractivity contribution in [1.82, 2.24) is 9.97 Å². The largest absolute Gasteiger partial charge is 0.371 e. The zero-order chi connectivity index (χ0) is 19.8. The van der Waals surface area contributed by atoms with E-state index in [9.17, 15) is 9.65 Å². The Morgan fingerprint density at radius 3 is 2.66 bits per heavy atom. The van der Waals surface area contributed by atoms with E-state index in [0.717, 1.165) is 24.0 Å². The first-order valence-corrected chi connectivity index (χ1v) is 9.77. The number of aromatic amines is 1. The molecule has 1 N–H and O–H groups in total. The highest BCUT2D eigenvalue weighted by atomic mass is 19.1. The van der Waals surface area contributed by atoms with Gasteiger partial charge in [-0.05, 0) is 54.1 Å². The van der Waals surface area contributed by atoms with Gasteiger partial charge >= 0.3 is 0 Å². The summed E-state index contributed by atoms with van der Waals surface area (Å²) < 4.78 is 13.5. The van der Waals surface area contributed by atoms with Crippen LogP contribution in [-0.4, -0.2) is 23.1 Å². The molecule has 0 aliphatic carbocycles. The van der Waals surface area contributed by atoms with Crippen LogP contribution in [0, 0.1) is 17.1 Å². The average Bonchev–Trinajstić information content (AvgIpc) is 3.41. The molecule has 29 heavy (non-hydrogen) atoms. The van der Waals surface area contributed by atoms with E-state index in [-0.39, 0.29) is 5.82 Å². The molecule has 142 valence electrons. The molecule has 0 bridgehead atoms. The predicted molar refractivity (Wildman–Crippen MR) is 115 cm³/mol. The minimum atomic E-state index is -0.335. The van der Waals surface area contributed by atoms with Crippen LogP contribution in [0.2, 0.25) is 0 Å². The summed E-state index contributed by atoms with van der Waals surface area (Å²) in [6, 6.07) is 19.1. The first-order chi connectivity index (χ1) is 14.2. The van der Waals surface area contributed by atoms with Crippen molar-refractivity contribution in [3.63, 3.8) is 0 Å². The summed E-state index contributed by atoms with van der Waals surface area (Å²) in [5.74, 6) is 0.111. The molecule has 0 atom stereocenters. The summed E-state index contributed by atoms with van der Waals surface area (Å²) in [7, 11) is 0. The fourth-order valence-corrected chi connectivity index (χ4v) is 4.08. The molecule has 0 amide bonds. The van der Waals surface area contributed by atoms with E-state index in [0.29, 0.717) is 22.4 Å². The Labute approximate surface area is 167 Å². The Morgan fingerprint density at radius 1 is 1.07 bits per heavy atom. The van der Waals surface area contributed by atoms with Crippen LogP contribution in [0.1, 0.15) is 24.2 Å². The summed E-state index contributed by atoms with van der Waals surface area (Å²) in [6.45, 7) is 2.16. The highest BCUT2D eigenvalue weighted by Gasteiger charge is 2.16. The van der Waals surface area contributed by atoms with Crippen molar-refractivity contribution in [3.05, 3.63) is 71.8 Å². The summed E-state index contributed by atoms with van der Waals surface area (Å²) in [6.07, 6.45) is 4.30. The van der Waals surface area contributed by atoms with Crippen molar-refractivity contribution in [2.45, 2.75) is 12.8 Å². The van der Waals surface area contributed by atoms with Crippen LogP contribution in [0.5, 0.6) is 0 Å². The number of nitriles is 1. The van der Waals surface area contributed by atoms with Crippen molar-refractivity contribution in [3.8, 4) is 6.07 Å². The van der Waals surface area contributed by atoms with Gasteiger partial charge in [0, 0.05) is 24.2 Å². The number of fused-ring (bicyclic) bond motifs is 2. The third kappa shape index (κ3) is 3.13. The monoisotopic (exact) mass is 382 g/mol. The van der Waals surface area contributed by atoms with Crippen molar-refractivity contribution >= 4 is 39.1 Å². The molecule has 1 fully saturated rings. The maximum Gasteiger partial charge on any atom is 0.149 e. The van der Waals surface area contributed by atoms with E-state index in [2.05, 4.69) is 45.2 Å². The van der Waals surface area contributed by atoms with Crippen molar-refractivity contribution < 1.29 is 4.39 Å². The topological polar surface area (TPSA) is 55.7 Å². The fraction of sp³-hybridized carbons (Fsp3) is 0.167. The van der Waals surface area contributed by atoms with Gasteiger partial charge in [0.1, 0.15) is 17.7 Å². The Kier molecular flexibility index (Phi) is 4.25. The molecule has 0 unspecified atom stereocenters. The van der Waals surface area contributed by atoms with Gasteiger partial charge in [-0.15, -0.1) is 0 Å². The molecule has 1 saturated heterocycles. The lowest BCUT2D eigenvalue weighted by molar-refractivity contribution is 0.629. The predicted octanol–water partition coefficient (Wildman–Crippen LogP) is 5.52. The van der Waals surface area contributed by atoms with Crippen molar-refractivity contribution in [2.24, 2.45) is 0 Å². The maximum absolute atomic E-state index is 13.5. The van der Waals surface area contributed by atoms with E-state index >= 15 is 0 Å². The van der Waals surface area contributed by atoms with Crippen LogP contribution >= 0.6 is 0 Å². The molecule has 3 aromatic carbocycles. The SMILES string of the molecule is N#C/C(=C/c1ccc(N2CCCC2)c2ccccc12)c1nc2ccc(F)cc2[nH]1. The van der Waals surface area contributed by atoms with Crippen LogP contribution in [0.25, 0.3) is 33.5 Å². The summed E-state index contributed by atoms with van der Waals surface area (Å²) >= 11 is 0. The Bertz CT molecular complexity index is 1290. The third-order valence-corrected chi connectivity index (χ3v) is 5.50. The smallest absolute Gasteiger partial charge is 0.149 e. The molecule has 0 spiro atoms. The molecule has 0 saturated carbocycles. The first-order valence-electron chi connectivity index (χ1n) is 9.77. The first kappa shape index (κ1) is 17.4. The average molecular weight is 382 g/mol. The Balaban J connectivity index is 1.63. The summed E-state index contributed by atoms with van der Waals surface area (Å²) in [4.78, 5) is 9.95. The van der Waals surface area contributed by atoms with E-state index in [4.69, 9.17) is 0 Å². The quantitative estimate of drug-likeness (QED) is 0.475. The molecular formula is C24H19FN4. The standard InChI is InChI=1S/C24H19FN4/c25-18-8-9-21-22(14-18)28-24(27-21)17(15-26)13-16-7-10-23(29-11-3-4-12-29)20-6-2-1-5-19(16)20/h1-2,5-10,13-14H,3-4,11-12H2,(H,27,28)/b17-13-. The van der Waals surface area contributed by atoms with Gasteiger partial charge in [0.15, 0.2) is 0 Å². The molecule has 1 aliphatic rings. The van der Waals surface area contributed by atoms with E-state index in [1.54, 1.807) is 6.07 Å². The van der Waals surface area contributed by atoms with Crippen LogP contribution in [0.3, 0.4) is 0 Å². The zero-order valence-corrected chi connectivity index (χ0v) is 15.8. The minimum Gasteiger partial charge on any atom is -0.371 e. The van der Waals surface area contributed by atoms with Crippen molar-refractivity contribution in [1.29, 1.82) is 5.26 Å². The molecule has 4 aromatic rings. The number of aromatic nitrogens is 2. The number of benzene rings is 3. The second-order valence-electron chi connectivity index (χ2n) is 7.33. The number of H-pyrrole nitrogens is 1. The number of hydrogen-bond donors (Lipinski definition) is 1. The van der Waals surface area contributed by atoms with Gasteiger partial charge in [-0.3, -0.25) is 0 Å². The lowest BCUT2D eigenvalue weighted by Gasteiger charge is -2.20. The van der Waals surface area contributed by atoms with Gasteiger partial charge in [0.05, 0.1) is 16.6 Å². The second kappa shape index (κ2) is 7.06. The highest BCUT2D eigenvalue weighted by molar-refractivity contribution is 6.03. The van der Waals surface area contributed by atoms with Crippen LogP contribution in [0.4, 0.5) is 10.1 Å². The Morgan fingerprint density at radius 2 is 1.86 bits per heavy atom. The highest BCUT2D eigenvalue weighted by Crippen LogP contribution is 2.33. The number of nitrogens with zero attached hydrogens (tertiary/aromatic N) is 3. The minimum absolute atomic E-state index is 0.335. The lowest BCUT2D eigenvalue weighted by Crippen LogP contribution is -2.17.